The van der Waals surface area contributed by atoms with Crippen LogP contribution in [0.1, 0.15) is 43.6 Å². The number of aromatic nitrogens is 2. The largest absolute Gasteiger partial charge is 0.490 e. The average Bonchev–Trinajstić information content (AvgIpc) is 3.31. The summed E-state index contributed by atoms with van der Waals surface area (Å²) in [5, 5.41) is 7.51. The normalized spacial score (nSPS) is 11.2. The summed E-state index contributed by atoms with van der Waals surface area (Å²) in [6, 6.07) is 21.9. The van der Waals surface area contributed by atoms with Gasteiger partial charge in [-0.05, 0) is 52.0 Å². The Labute approximate surface area is 227 Å². The van der Waals surface area contributed by atoms with Gasteiger partial charge in [-0.2, -0.15) is 5.10 Å². The van der Waals surface area contributed by atoms with E-state index in [0.29, 0.717) is 59.7 Å². The molecular weight excluding hydrogens is 496 g/mol. The van der Waals surface area contributed by atoms with Crippen molar-refractivity contribution in [2.45, 2.75) is 27.7 Å². The lowest BCUT2D eigenvalue weighted by atomic mass is 10.1. The van der Waals surface area contributed by atoms with E-state index in [2.05, 4.69) is 15.6 Å². The van der Waals surface area contributed by atoms with Gasteiger partial charge in [0.05, 0.1) is 42.5 Å². The molecule has 39 heavy (non-hydrogen) atoms. The molecule has 0 aliphatic rings. The topological polar surface area (TPSA) is 107 Å². The van der Waals surface area contributed by atoms with Gasteiger partial charge >= 0.3 is 0 Å². The molecule has 202 valence electrons. The number of nitrogens with one attached hydrogen (secondary N) is 2. The maximum absolute atomic E-state index is 13.5. The zero-order valence-electron chi connectivity index (χ0n) is 22.5. The number of hydrogen-bond acceptors (Lipinski definition) is 6. The lowest BCUT2D eigenvalue weighted by Crippen LogP contribution is -2.23. The number of rotatable bonds is 11. The third-order valence-electron chi connectivity index (χ3n) is 5.83. The second kappa shape index (κ2) is 12.6. The van der Waals surface area contributed by atoms with E-state index in [-0.39, 0.29) is 11.1 Å². The molecule has 3 aromatic carbocycles. The van der Waals surface area contributed by atoms with E-state index in [1.54, 1.807) is 19.1 Å². The molecule has 0 spiro atoms. The molecule has 0 saturated carbocycles. The van der Waals surface area contributed by atoms with Gasteiger partial charge in [-0.15, -0.1) is 0 Å². The van der Waals surface area contributed by atoms with Crippen LogP contribution in [0.15, 0.2) is 82.7 Å². The van der Waals surface area contributed by atoms with Crippen molar-refractivity contribution in [3.05, 3.63) is 94.3 Å². The van der Waals surface area contributed by atoms with Crippen molar-refractivity contribution in [1.29, 1.82) is 0 Å². The van der Waals surface area contributed by atoms with Crippen LogP contribution in [0.3, 0.4) is 0 Å². The van der Waals surface area contributed by atoms with Gasteiger partial charge in [0, 0.05) is 11.1 Å². The highest BCUT2D eigenvalue weighted by Gasteiger charge is 2.21. The number of nitrogens with zero attached hydrogens (tertiary/aromatic N) is 2. The van der Waals surface area contributed by atoms with Gasteiger partial charge in [0.2, 0.25) is 5.75 Å². The monoisotopic (exact) mass is 528 g/mol. The molecule has 4 rings (SSSR count). The van der Waals surface area contributed by atoms with Crippen LogP contribution in [0.2, 0.25) is 0 Å². The summed E-state index contributed by atoms with van der Waals surface area (Å²) in [6.07, 6.45) is 0. The minimum absolute atomic E-state index is 0.279. The Balaban J connectivity index is 1.71. The van der Waals surface area contributed by atoms with E-state index >= 15 is 0 Å². The predicted molar refractivity (Wildman–Crippen MR) is 151 cm³/mol. The summed E-state index contributed by atoms with van der Waals surface area (Å²) in [6.45, 7) is 8.42. The van der Waals surface area contributed by atoms with Gasteiger partial charge < -0.3 is 14.2 Å². The molecule has 1 heterocycles. The van der Waals surface area contributed by atoms with Gasteiger partial charge in [-0.3, -0.25) is 14.7 Å². The van der Waals surface area contributed by atoms with Crippen LogP contribution in [0.4, 0.5) is 0 Å². The van der Waals surface area contributed by atoms with E-state index in [1.807, 2.05) is 81.4 Å². The second-order valence-corrected chi connectivity index (χ2v) is 8.44. The quantitative estimate of drug-likeness (QED) is 0.206. The summed E-state index contributed by atoms with van der Waals surface area (Å²) < 4.78 is 18.6. The van der Waals surface area contributed by atoms with Gasteiger partial charge in [0.15, 0.2) is 11.5 Å². The van der Waals surface area contributed by atoms with Gasteiger partial charge in [-0.25, -0.2) is 10.1 Å². The van der Waals surface area contributed by atoms with E-state index in [9.17, 15) is 9.59 Å². The van der Waals surface area contributed by atoms with Crippen LogP contribution < -0.4 is 25.2 Å². The van der Waals surface area contributed by atoms with Gasteiger partial charge in [0.1, 0.15) is 0 Å². The Morgan fingerprint density at radius 3 is 2.00 bits per heavy atom. The van der Waals surface area contributed by atoms with Crippen molar-refractivity contribution < 1.29 is 19.0 Å². The number of aromatic amines is 1. The number of para-hydroxylation sites is 1. The molecule has 0 aliphatic heterocycles. The Morgan fingerprint density at radius 1 is 0.872 bits per heavy atom. The Hall–Kier alpha value is -4.79. The van der Waals surface area contributed by atoms with Crippen LogP contribution >= 0.6 is 0 Å². The van der Waals surface area contributed by atoms with Crippen LogP contribution in [0.5, 0.6) is 17.2 Å². The average molecular weight is 529 g/mol. The number of carbonyl (C=O) groups excluding carboxylic acids is 1. The van der Waals surface area contributed by atoms with E-state index in [4.69, 9.17) is 14.2 Å². The van der Waals surface area contributed by atoms with Crippen LogP contribution in [0, 0.1) is 0 Å². The Bertz CT molecular complexity index is 1480. The van der Waals surface area contributed by atoms with E-state index < -0.39 is 5.91 Å². The highest BCUT2D eigenvalue weighted by molar-refractivity contribution is 6.04. The van der Waals surface area contributed by atoms with Crippen LogP contribution in [-0.4, -0.2) is 41.2 Å². The molecule has 0 atom stereocenters. The molecular formula is C30H32N4O5. The summed E-state index contributed by atoms with van der Waals surface area (Å²) in [5.41, 5.74) is 5.36. The van der Waals surface area contributed by atoms with Crippen molar-refractivity contribution in [2.75, 3.05) is 19.8 Å². The number of hydrazone groups is 1. The summed E-state index contributed by atoms with van der Waals surface area (Å²) in [5.74, 6) is 0.760. The SMILES string of the molecule is CCOc1cc(C(=O)NN=C(C)c2c(-c3ccccc3)[nH]n(-c3ccccc3)c2=O)cc(OCC)c1OCC. The highest BCUT2D eigenvalue weighted by atomic mass is 16.5. The lowest BCUT2D eigenvalue weighted by molar-refractivity contribution is 0.0953. The summed E-state index contributed by atoms with van der Waals surface area (Å²) >= 11 is 0. The molecule has 9 nitrogen and oxygen atoms in total. The zero-order chi connectivity index (χ0) is 27.8. The predicted octanol–water partition coefficient (Wildman–Crippen LogP) is 5.18. The fourth-order valence-electron chi connectivity index (χ4n) is 4.12. The minimum atomic E-state index is -0.487. The first kappa shape index (κ1) is 27.3. The third-order valence-corrected chi connectivity index (χ3v) is 5.83. The molecule has 0 aliphatic carbocycles. The third kappa shape index (κ3) is 6.04. The Morgan fingerprint density at radius 2 is 1.44 bits per heavy atom. The van der Waals surface area contributed by atoms with Crippen LogP contribution in [0.25, 0.3) is 16.9 Å². The molecule has 1 aromatic heterocycles. The van der Waals surface area contributed by atoms with Gasteiger partial charge in [-0.1, -0.05) is 48.5 Å². The number of H-pyrrole nitrogens is 1. The van der Waals surface area contributed by atoms with Crippen molar-refractivity contribution in [3.8, 4) is 34.2 Å². The fourth-order valence-corrected chi connectivity index (χ4v) is 4.12. The van der Waals surface area contributed by atoms with Gasteiger partial charge in [0.25, 0.3) is 11.5 Å². The minimum Gasteiger partial charge on any atom is -0.490 e. The molecule has 0 fully saturated rings. The number of ether oxygens (including phenoxy) is 3. The first-order chi connectivity index (χ1) is 19.0. The standard InChI is InChI=1S/C30H32N4O5/c1-5-37-24-18-22(19-25(38-6-2)28(24)39-7-3)29(35)32-31-20(4)26-27(21-14-10-8-11-15-21)33-34(30(26)36)23-16-12-9-13-17-23/h8-19,33H,5-7H2,1-4H3,(H,32,35). The molecule has 0 radical (unpaired) electrons. The van der Waals surface area contributed by atoms with Crippen molar-refractivity contribution in [1.82, 2.24) is 15.2 Å². The summed E-state index contributed by atoms with van der Waals surface area (Å²) in [4.78, 5) is 26.7. The number of carbonyl (C=O) groups is 1. The van der Waals surface area contributed by atoms with E-state index in [0.717, 1.165) is 5.56 Å². The molecule has 0 bridgehead atoms. The molecule has 1 amide bonds. The van der Waals surface area contributed by atoms with E-state index in [1.165, 1.54) is 4.68 Å². The fraction of sp³-hybridized carbons (Fsp3) is 0.233. The number of hydrogen-bond donors (Lipinski definition) is 2. The number of amides is 1. The molecule has 0 saturated heterocycles. The van der Waals surface area contributed by atoms with Crippen LogP contribution in [-0.2, 0) is 0 Å². The lowest BCUT2D eigenvalue weighted by Gasteiger charge is -2.16. The smallest absolute Gasteiger partial charge is 0.281 e. The maximum atomic E-state index is 13.5. The first-order valence-corrected chi connectivity index (χ1v) is 12.9. The Kier molecular flexibility index (Phi) is 8.83. The van der Waals surface area contributed by atoms with Crippen molar-refractivity contribution in [3.63, 3.8) is 0 Å². The summed E-state index contributed by atoms with van der Waals surface area (Å²) in [7, 11) is 0. The highest BCUT2D eigenvalue weighted by Crippen LogP contribution is 2.39. The second-order valence-electron chi connectivity index (χ2n) is 8.44. The molecule has 4 aromatic rings. The molecule has 2 N–H and O–H groups in total. The molecule has 0 unspecified atom stereocenters. The molecule has 9 heteroatoms. The first-order valence-electron chi connectivity index (χ1n) is 12.9. The van der Waals surface area contributed by atoms with Crippen molar-refractivity contribution >= 4 is 11.6 Å². The zero-order valence-corrected chi connectivity index (χ0v) is 22.5. The van der Waals surface area contributed by atoms with Crippen molar-refractivity contribution in [2.24, 2.45) is 5.10 Å². The maximum Gasteiger partial charge on any atom is 0.281 e. The number of benzene rings is 3.